The van der Waals surface area contributed by atoms with Crippen LogP contribution in [0.5, 0.6) is 0 Å². The topological polar surface area (TPSA) is 20.3 Å². The van der Waals surface area contributed by atoms with Crippen molar-refractivity contribution in [3.05, 3.63) is 0 Å². The SMILES string of the molecule is CC(=O)CCN1CCC(C(F)(F)F)CC1. The standard InChI is InChI=1S/C10H16F3NO/c1-8(15)2-5-14-6-3-9(4-7-14)10(11,12)13/h9H,2-7H2,1H3. The second-order valence-electron chi connectivity index (χ2n) is 4.11. The number of hydrogen-bond donors (Lipinski definition) is 0. The van der Waals surface area contributed by atoms with Crippen molar-refractivity contribution < 1.29 is 18.0 Å². The lowest BCUT2D eigenvalue weighted by Crippen LogP contribution is -2.39. The van der Waals surface area contributed by atoms with Crippen LogP contribution in [0.4, 0.5) is 13.2 Å². The second kappa shape index (κ2) is 4.96. The highest BCUT2D eigenvalue weighted by atomic mass is 19.4. The largest absolute Gasteiger partial charge is 0.391 e. The number of alkyl halides is 3. The van der Waals surface area contributed by atoms with E-state index in [1.165, 1.54) is 6.92 Å². The fraction of sp³-hybridized carbons (Fsp3) is 0.900. The van der Waals surface area contributed by atoms with Gasteiger partial charge in [0.2, 0.25) is 0 Å². The molecule has 0 amide bonds. The normalized spacial score (nSPS) is 20.5. The van der Waals surface area contributed by atoms with Crippen molar-refractivity contribution in [3.8, 4) is 0 Å². The summed E-state index contributed by atoms with van der Waals surface area (Å²) in [5.41, 5.74) is 0. The van der Waals surface area contributed by atoms with Crippen LogP contribution in [0.1, 0.15) is 26.2 Å². The van der Waals surface area contributed by atoms with Crippen LogP contribution in [-0.4, -0.2) is 36.5 Å². The predicted molar refractivity (Wildman–Crippen MR) is 50.5 cm³/mol. The molecule has 0 spiro atoms. The highest BCUT2D eigenvalue weighted by molar-refractivity contribution is 5.75. The monoisotopic (exact) mass is 223 g/mol. The first-order valence-corrected chi connectivity index (χ1v) is 5.18. The van der Waals surface area contributed by atoms with Gasteiger partial charge in [-0.15, -0.1) is 0 Å². The molecule has 1 heterocycles. The number of likely N-dealkylation sites (tertiary alicyclic amines) is 1. The van der Waals surface area contributed by atoms with Crippen molar-refractivity contribution in [1.29, 1.82) is 0 Å². The van der Waals surface area contributed by atoms with Gasteiger partial charge in [-0.05, 0) is 32.9 Å². The number of rotatable bonds is 3. The first-order valence-electron chi connectivity index (χ1n) is 5.18. The smallest absolute Gasteiger partial charge is 0.303 e. The van der Waals surface area contributed by atoms with Gasteiger partial charge >= 0.3 is 6.18 Å². The quantitative estimate of drug-likeness (QED) is 0.731. The summed E-state index contributed by atoms with van der Waals surface area (Å²) in [7, 11) is 0. The molecule has 15 heavy (non-hydrogen) atoms. The maximum atomic E-state index is 12.3. The molecule has 5 heteroatoms. The second-order valence-corrected chi connectivity index (χ2v) is 4.11. The molecule has 2 nitrogen and oxygen atoms in total. The summed E-state index contributed by atoms with van der Waals surface area (Å²) in [6.07, 6.45) is -3.27. The lowest BCUT2D eigenvalue weighted by molar-refractivity contribution is -0.185. The van der Waals surface area contributed by atoms with Crippen molar-refractivity contribution in [2.45, 2.75) is 32.4 Å². The fourth-order valence-electron chi connectivity index (χ4n) is 1.80. The third kappa shape index (κ3) is 4.20. The van der Waals surface area contributed by atoms with E-state index < -0.39 is 12.1 Å². The van der Waals surface area contributed by atoms with Crippen LogP contribution in [-0.2, 0) is 4.79 Å². The number of nitrogens with zero attached hydrogens (tertiary/aromatic N) is 1. The van der Waals surface area contributed by atoms with E-state index in [4.69, 9.17) is 0 Å². The highest BCUT2D eigenvalue weighted by Crippen LogP contribution is 2.33. The van der Waals surface area contributed by atoms with E-state index in [0.29, 0.717) is 26.1 Å². The van der Waals surface area contributed by atoms with Crippen LogP contribution >= 0.6 is 0 Å². The molecule has 1 rings (SSSR count). The Bertz CT molecular complexity index is 219. The Morgan fingerprint density at radius 2 is 1.87 bits per heavy atom. The first kappa shape index (κ1) is 12.5. The number of Topliss-reactive ketones (excluding diaryl/α,β-unsaturated/α-hetero) is 1. The Morgan fingerprint density at radius 3 is 2.27 bits per heavy atom. The lowest BCUT2D eigenvalue weighted by atomic mass is 9.96. The molecule has 0 N–H and O–H groups in total. The van der Waals surface area contributed by atoms with E-state index >= 15 is 0 Å². The molecule has 0 aromatic heterocycles. The van der Waals surface area contributed by atoms with Gasteiger partial charge in [-0.25, -0.2) is 0 Å². The Balaban J connectivity index is 2.27. The molecule has 0 unspecified atom stereocenters. The molecule has 1 saturated heterocycles. The molecule has 0 radical (unpaired) electrons. The predicted octanol–water partition coefficient (Wildman–Crippen LogP) is 2.24. The fourth-order valence-corrected chi connectivity index (χ4v) is 1.80. The van der Waals surface area contributed by atoms with Gasteiger partial charge in [0.1, 0.15) is 5.78 Å². The summed E-state index contributed by atoms with van der Waals surface area (Å²) in [4.78, 5) is 12.6. The zero-order valence-electron chi connectivity index (χ0n) is 8.81. The Labute approximate surface area is 87.4 Å². The van der Waals surface area contributed by atoms with Crippen LogP contribution in [0.2, 0.25) is 0 Å². The van der Waals surface area contributed by atoms with E-state index in [-0.39, 0.29) is 18.6 Å². The van der Waals surface area contributed by atoms with Crippen LogP contribution in [0.15, 0.2) is 0 Å². The number of halogens is 3. The summed E-state index contributed by atoms with van der Waals surface area (Å²) in [6, 6.07) is 0. The molecule has 1 aliphatic heterocycles. The van der Waals surface area contributed by atoms with Crippen molar-refractivity contribution in [3.63, 3.8) is 0 Å². The van der Waals surface area contributed by atoms with Crippen molar-refractivity contribution in [1.82, 2.24) is 4.90 Å². The van der Waals surface area contributed by atoms with Crippen molar-refractivity contribution in [2.24, 2.45) is 5.92 Å². The van der Waals surface area contributed by atoms with Crippen molar-refractivity contribution >= 4 is 5.78 Å². The average molecular weight is 223 g/mol. The van der Waals surface area contributed by atoms with E-state index in [1.807, 2.05) is 4.90 Å². The van der Waals surface area contributed by atoms with Crippen LogP contribution in [0.25, 0.3) is 0 Å². The molecule has 0 aromatic rings. The van der Waals surface area contributed by atoms with Gasteiger partial charge in [0, 0.05) is 13.0 Å². The molecule has 0 aromatic carbocycles. The Kier molecular flexibility index (Phi) is 4.13. The Hall–Kier alpha value is -0.580. The molecule has 0 bridgehead atoms. The maximum Gasteiger partial charge on any atom is 0.391 e. The van der Waals surface area contributed by atoms with Gasteiger partial charge in [0.05, 0.1) is 5.92 Å². The zero-order chi connectivity index (χ0) is 11.5. The van der Waals surface area contributed by atoms with Crippen LogP contribution < -0.4 is 0 Å². The van der Waals surface area contributed by atoms with Gasteiger partial charge in [-0.3, -0.25) is 4.79 Å². The molecular weight excluding hydrogens is 207 g/mol. The molecule has 1 fully saturated rings. The number of carbonyl (C=O) groups excluding carboxylic acids is 1. The maximum absolute atomic E-state index is 12.3. The van der Waals surface area contributed by atoms with Crippen LogP contribution in [0.3, 0.4) is 0 Å². The van der Waals surface area contributed by atoms with Gasteiger partial charge in [-0.2, -0.15) is 13.2 Å². The zero-order valence-corrected chi connectivity index (χ0v) is 8.81. The third-order valence-electron chi connectivity index (χ3n) is 2.83. The summed E-state index contributed by atoms with van der Waals surface area (Å²) in [6.45, 7) is 3.01. The van der Waals surface area contributed by atoms with E-state index in [2.05, 4.69) is 0 Å². The molecule has 0 atom stereocenters. The lowest BCUT2D eigenvalue weighted by Gasteiger charge is -2.32. The summed E-state index contributed by atoms with van der Waals surface area (Å²) < 4.78 is 36.9. The number of ketones is 1. The number of hydrogen-bond acceptors (Lipinski definition) is 2. The molecule has 0 aliphatic carbocycles. The molecule has 0 saturated carbocycles. The van der Waals surface area contributed by atoms with Crippen molar-refractivity contribution in [2.75, 3.05) is 19.6 Å². The van der Waals surface area contributed by atoms with Gasteiger partial charge in [-0.1, -0.05) is 0 Å². The first-order chi connectivity index (χ1) is 6.89. The summed E-state index contributed by atoms with van der Waals surface area (Å²) >= 11 is 0. The third-order valence-corrected chi connectivity index (χ3v) is 2.83. The van der Waals surface area contributed by atoms with E-state index in [9.17, 15) is 18.0 Å². The minimum atomic E-state index is -4.05. The summed E-state index contributed by atoms with van der Waals surface area (Å²) in [5, 5.41) is 0. The minimum absolute atomic E-state index is 0.0907. The Morgan fingerprint density at radius 1 is 1.33 bits per heavy atom. The number of piperidine rings is 1. The summed E-state index contributed by atoms with van der Waals surface area (Å²) in [5.74, 6) is -1.06. The van der Waals surface area contributed by atoms with Crippen LogP contribution in [0, 0.1) is 5.92 Å². The minimum Gasteiger partial charge on any atom is -0.303 e. The van der Waals surface area contributed by atoms with E-state index in [0.717, 1.165) is 0 Å². The number of carbonyl (C=O) groups is 1. The van der Waals surface area contributed by atoms with Gasteiger partial charge in [0.15, 0.2) is 0 Å². The molecule has 1 aliphatic rings. The van der Waals surface area contributed by atoms with Gasteiger partial charge < -0.3 is 4.90 Å². The molecule has 88 valence electrons. The van der Waals surface area contributed by atoms with E-state index in [1.54, 1.807) is 0 Å². The van der Waals surface area contributed by atoms with Gasteiger partial charge in [0.25, 0.3) is 0 Å². The molecular formula is C10H16F3NO. The highest BCUT2D eigenvalue weighted by Gasteiger charge is 2.40. The average Bonchev–Trinajstić information content (AvgIpc) is 2.14.